The van der Waals surface area contributed by atoms with E-state index in [1.807, 2.05) is 0 Å². The lowest BCUT2D eigenvalue weighted by Crippen LogP contribution is -2.19. The number of rotatable bonds is 8. The van der Waals surface area contributed by atoms with Gasteiger partial charge in [0.15, 0.2) is 5.83 Å². The van der Waals surface area contributed by atoms with Gasteiger partial charge in [-0.3, -0.25) is 4.99 Å². The minimum atomic E-state index is -4.35. The maximum atomic E-state index is 13.9. The van der Waals surface area contributed by atoms with Crippen molar-refractivity contribution < 1.29 is 17.6 Å². The molecule has 0 saturated carbocycles. The second-order valence-electron chi connectivity index (χ2n) is 5.81. The molecule has 0 radical (unpaired) electrons. The Morgan fingerprint density at radius 3 is 2.54 bits per heavy atom. The molecule has 0 aliphatic rings. The first-order valence-corrected chi connectivity index (χ1v) is 9.01. The third kappa shape index (κ3) is 8.34. The Labute approximate surface area is 172 Å². The van der Waals surface area contributed by atoms with E-state index in [2.05, 4.69) is 17.3 Å². The highest BCUT2D eigenvalue weighted by Gasteiger charge is 2.25. The summed E-state index contributed by atoms with van der Waals surface area (Å²) in [5.41, 5.74) is 3.41. The maximum absolute atomic E-state index is 13.9. The van der Waals surface area contributed by atoms with E-state index in [1.54, 1.807) is 31.0 Å². The number of nitrogens with zero attached hydrogens (tertiary/aromatic N) is 2. The molecule has 0 aromatic heterocycles. The predicted octanol–water partition coefficient (Wildman–Crippen LogP) is 7.62. The van der Waals surface area contributed by atoms with Gasteiger partial charge in [-0.05, 0) is 37.1 Å². The van der Waals surface area contributed by atoms with Gasteiger partial charge >= 0.3 is 6.18 Å². The molecule has 2 nitrogen and oxygen atoms in total. The Balaban J connectivity index is 2.97. The summed E-state index contributed by atoms with van der Waals surface area (Å²) < 4.78 is 50.9. The van der Waals surface area contributed by atoms with E-state index in [9.17, 15) is 17.6 Å². The third-order valence-corrected chi connectivity index (χ3v) is 4.26. The summed E-state index contributed by atoms with van der Waals surface area (Å²) in [7, 11) is 1.69. The SMILES string of the molecule is C=C(CCN(C)c1cc(Cl)c(Cl)cc1N=CCC(F)(F)F)C(F)=C=C/C=C\C. The van der Waals surface area contributed by atoms with E-state index in [-0.39, 0.29) is 27.7 Å². The van der Waals surface area contributed by atoms with Crippen molar-refractivity contribution in [3.63, 3.8) is 0 Å². The molecule has 0 fully saturated rings. The van der Waals surface area contributed by atoms with Gasteiger partial charge in [0.25, 0.3) is 0 Å². The van der Waals surface area contributed by atoms with Gasteiger partial charge in [-0.15, -0.1) is 0 Å². The topological polar surface area (TPSA) is 15.6 Å². The average Bonchev–Trinajstić information content (AvgIpc) is 2.61. The van der Waals surface area contributed by atoms with E-state index in [1.165, 1.54) is 18.2 Å². The number of allylic oxidation sites excluding steroid dienone is 3. The number of hydrogen-bond acceptors (Lipinski definition) is 2. The van der Waals surface area contributed by atoms with Crippen molar-refractivity contribution in [1.29, 1.82) is 0 Å². The van der Waals surface area contributed by atoms with Crippen molar-refractivity contribution in [3.8, 4) is 0 Å². The van der Waals surface area contributed by atoms with Crippen molar-refractivity contribution in [2.24, 2.45) is 4.99 Å². The molecule has 0 N–H and O–H groups in total. The highest BCUT2D eigenvalue weighted by molar-refractivity contribution is 6.42. The van der Waals surface area contributed by atoms with Crippen molar-refractivity contribution in [2.75, 3.05) is 18.5 Å². The van der Waals surface area contributed by atoms with Gasteiger partial charge in [0.1, 0.15) is 0 Å². The molecule has 0 heterocycles. The molecule has 0 amide bonds. The Bertz CT molecular complexity index is 820. The number of alkyl halides is 3. The molecule has 0 saturated heterocycles. The number of benzene rings is 1. The maximum Gasteiger partial charge on any atom is 0.393 e. The molecule has 152 valence electrons. The van der Waals surface area contributed by atoms with Gasteiger partial charge in [0.2, 0.25) is 0 Å². The molecule has 0 atom stereocenters. The van der Waals surface area contributed by atoms with Crippen LogP contribution in [0.4, 0.5) is 28.9 Å². The second kappa shape index (κ2) is 11.1. The van der Waals surface area contributed by atoms with E-state index in [4.69, 9.17) is 23.2 Å². The van der Waals surface area contributed by atoms with Crippen LogP contribution in [0.2, 0.25) is 10.0 Å². The van der Waals surface area contributed by atoms with E-state index < -0.39 is 18.4 Å². The predicted molar refractivity (Wildman–Crippen MR) is 110 cm³/mol. The Morgan fingerprint density at radius 1 is 1.29 bits per heavy atom. The average molecular weight is 435 g/mol. The van der Waals surface area contributed by atoms with Crippen LogP contribution in [0.25, 0.3) is 0 Å². The Morgan fingerprint density at radius 2 is 1.93 bits per heavy atom. The zero-order valence-corrected chi connectivity index (χ0v) is 17.0. The molecule has 28 heavy (non-hydrogen) atoms. The van der Waals surface area contributed by atoms with E-state index in [0.29, 0.717) is 12.2 Å². The molecule has 8 heteroatoms. The lowest BCUT2D eigenvalue weighted by atomic mass is 10.1. The minimum absolute atomic E-state index is 0.172. The number of aliphatic imine (C=N–C) groups is 1. The van der Waals surface area contributed by atoms with Gasteiger partial charge in [-0.25, -0.2) is 0 Å². The largest absolute Gasteiger partial charge is 0.393 e. The molecule has 1 rings (SSSR count). The summed E-state index contributed by atoms with van der Waals surface area (Å²) in [4.78, 5) is 5.56. The lowest BCUT2D eigenvalue weighted by Gasteiger charge is -2.22. The van der Waals surface area contributed by atoms with Crippen molar-refractivity contribution >= 4 is 40.8 Å². The van der Waals surface area contributed by atoms with E-state index in [0.717, 1.165) is 6.21 Å². The standard InChI is InChI=1S/C20H20Cl2F4N2/c1-4-5-6-7-17(23)14(2)8-11-28(3)19-13-16(22)15(21)12-18(19)27-10-9-20(24,25)26/h4-6,10,12-13H,2,8-9,11H2,1,3H3/b5-4-,27-10?. The van der Waals surface area contributed by atoms with Crippen LogP contribution in [0.3, 0.4) is 0 Å². The van der Waals surface area contributed by atoms with Crippen LogP contribution >= 0.6 is 23.2 Å². The third-order valence-electron chi connectivity index (χ3n) is 3.54. The number of anilines is 1. The highest BCUT2D eigenvalue weighted by Crippen LogP contribution is 2.36. The second-order valence-corrected chi connectivity index (χ2v) is 6.63. The molecular formula is C20H20Cl2F4N2. The first kappa shape index (κ1) is 24.0. The number of hydrogen-bond donors (Lipinski definition) is 0. The summed E-state index contributed by atoms with van der Waals surface area (Å²) in [6.07, 6.45) is 0.337. The summed E-state index contributed by atoms with van der Waals surface area (Å²) in [6.45, 7) is 5.81. The van der Waals surface area contributed by atoms with Gasteiger partial charge < -0.3 is 4.90 Å². The molecule has 1 aromatic rings. The quantitative estimate of drug-likeness (QED) is 0.178. The molecule has 0 bridgehead atoms. The van der Waals surface area contributed by atoms with Gasteiger partial charge in [-0.2, -0.15) is 17.6 Å². The van der Waals surface area contributed by atoms with Gasteiger partial charge in [-0.1, -0.05) is 47.7 Å². The minimum Gasteiger partial charge on any atom is -0.372 e. The fraction of sp³-hybridized carbons (Fsp3) is 0.300. The summed E-state index contributed by atoms with van der Waals surface area (Å²) >= 11 is 12.0. The van der Waals surface area contributed by atoms with E-state index >= 15 is 0 Å². The van der Waals surface area contributed by atoms with Crippen LogP contribution in [0.1, 0.15) is 19.8 Å². The first-order chi connectivity index (χ1) is 13.0. The Hall–Kier alpha value is -2.01. The molecule has 0 aliphatic heterocycles. The summed E-state index contributed by atoms with van der Waals surface area (Å²) in [5.74, 6) is -0.566. The normalized spacial score (nSPS) is 11.7. The molecular weight excluding hydrogens is 415 g/mol. The monoisotopic (exact) mass is 434 g/mol. The van der Waals surface area contributed by atoms with Crippen LogP contribution < -0.4 is 4.90 Å². The molecule has 0 unspecified atom stereocenters. The Kier molecular flexibility index (Phi) is 9.53. The van der Waals surface area contributed by atoms with Crippen LogP contribution in [0.15, 0.2) is 59.1 Å². The summed E-state index contributed by atoms with van der Waals surface area (Å²) in [6, 6.07) is 2.89. The lowest BCUT2D eigenvalue weighted by molar-refractivity contribution is -0.120. The van der Waals surface area contributed by atoms with Crippen molar-refractivity contribution in [2.45, 2.75) is 25.9 Å². The van der Waals surface area contributed by atoms with Crippen LogP contribution in [0.5, 0.6) is 0 Å². The van der Waals surface area contributed by atoms with Crippen LogP contribution in [0, 0.1) is 0 Å². The molecule has 0 spiro atoms. The van der Waals surface area contributed by atoms with Crippen LogP contribution in [-0.4, -0.2) is 26.0 Å². The zero-order chi connectivity index (χ0) is 21.3. The zero-order valence-electron chi connectivity index (χ0n) is 15.5. The van der Waals surface area contributed by atoms with Gasteiger partial charge in [0.05, 0.1) is 27.8 Å². The summed E-state index contributed by atoms with van der Waals surface area (Å²) in [5, 5.41) is 0.406. The fourth-order valence-electron chi connectivity index (χ4n) is 2.03. The van der Waals surface area contributed by atoms with Gasteiger partial charge in [0, 0.05) is 19.8 Å². The number of halogens is 6. The van der Waals surface area contributed by atoms with Crippen molar-refractivity contribution in [3.05, 3.63) is 64.1 Å². The smallest absolute Gasteiger partial charge is 0.372 e. The first-order valence-electron chi connectivity index (χ1n) is 8.26. The van der Waals surface area contributed by atoms with Crippen molar-refractivity contribution in [1.82, 2.24) is 0 Å². The highest BCUT2D eigenvalue weighted by atomic mass is 35.5. The molecule has 0 aliphatic carbocycles. The fourth-order valence-corrected chi connectivity index (χ4v) is 2.35. The van der Waals surface area contributed by atoms with Crippen LogP contribution in [-0.2, 0) is 0 Å². The molecule has 1 aromatic carbocycles.